The molecule has 0 saturated carbocycles. The van der Waals surface area contributed by atoms with Crippen LogP contribution in [0.4, 0.5) is 0 Å². The predicted molar refractivity (Wildman–Crippen MR) is 73.4 cm³/mol. The SMILES string of the molecule is COc1cc(OC)cc(Oc2ncccc2CCl)c1. The maximum atomic E-state index is 5.85. The summed E-state index contributed by atoms with van der Waals surface area (Å²) in [5, 5.41) is 0. The molecule has 100 valence electrons. The quantitative estimate of drug-likeness (QED) is 0.784. The van der Waals surface area contributed by atoms with Gasteiger partial charge in [-0.2, -0.15) is 0 Å². The molecule has 0 bridgehead atoms. The Labute approximate surface area is 116 Å². The Morgan fingerprint density at radius 2 is 1.68 bits per heavy atom. The van der Waals surface area contributed by atoms with Crippen molar-refractivity contribution in [2.45, 2.75) is 5.88 Å². The van der Waals surface area contributed by atoms with Crippen molar-refractivity contribution in [3.8, 4) is 23.1 Å². The van der Waals surface area contributed by atoms with Crippen LogP contribution in [-0.2, 0) is 5.88 Å². The standard InChI is InChI=1S/C14H14ClNO3/c1-17-11-6-12(18-2)8-13(7-11)19-14-10(9-15)4-3-5-16-14/h3-8H,9H2,1-2H3. The number of aromatic nitrogens is 1. The zero-order valence-electron chi connectivity index (χ0n) is 10.7. The summed E-state index contributed by atoms with van der Waals surface area (Å²) < 4.78 is 16.1. The van der Waals surface area contributed by atoms with Gasteiger partial charge in [-0.3, -0.25) is 0 Å². The second-order valence-electron chi connectivity index (χ2n) is 3.75. The minimum absolute atomic E-state index is 0.338. The zero-order chi connectivity index (χ0) is 13.7. The number of nitrogens with zero attached hydrogens (tertiary/aromatic N) is 1. The summed E-state index contributed by atoms with van der Waals surface area (Å²) >= 11 is 5.85. The van der Waals surface area contributed by atoms with Crippen LogP contribution in [0, 0.1) is 0 Å². The van der Waals surface area contributed by atoms with Crippen molar-refractivity contribution in [2.75, 3.05) is 14.2 Å². The molecule has 0 aliphatic heterocycles. The number of benzene rings is 1. The molecule has 0 unspecified atom stereocenters. The molecule has 0 atom stereocenters. The molecule has 4 nitrogen and oxygen atoms in total. The molecule has 19 heavy (non-hydrogen) atoms. The monoisotopic (exact) mass is 279 g/mol. The number of alkyl halides is 1. The third-order valence-electron chi connectivity index (χ3n) is 2.53. The Morgan fingerprint density at radius 1 is 1.05 bits per heavy atom. The fourth-order valence-electron chi connectivity index (χ4n) is 1.57. The van der Waals surface area contributed by atoms with Crippen molar-refractivity contribution in [3.05, 3.63) is 42.1 Å². The topological polar surface area (TPSA) is 40.6 Å². The number of rotatable bonds is 5. The molecule has 0 fully saturated rings. The second-order valence-corrected chi connectivity index (χ2v) is 4.02. The van der Waals surface area contributed by atoms with E-state index in [-0.39, 0.29) is 0 Å². The van der Waals surface area contributed by atoms with Crippen molar-refractivity contribution in [3.63, 3.8) is 0 Å². The number of hydrogen-bond donors (Lipinski definition) is 0. The minimum Gasteiger partial charge on any atom is -0.496 e. The first-order valence-electron chi connectivity index (χ1n) is 5.67. The van der Waals surface area contributed by atoms with Crippen molar-refractivity contribution in [1.82, 2.24) is 4.98 Å². The van der Waals surface area contributed by atoms with Gasteiger partial charge in [-0.25, -0.2) is 4.98 Å². The first-order chi connectivity index (χ1) is 9.26. The van der Waals surface area contributed by atoms with E-state index in [1.807, 2.05) is 12.1 Å². The van der Waals surface area contributed by atoms with Crippen LogP contribution in [-0.4, -0.2) is 19.2 Å². The summed E-state index contributed by atoms with van der Waals surface area (Å²) in [7, 11) is 3.17. The second kappa shape index (κ2) is 6.29. The molecule has 1 heterocycles. The zero-order valence-corrected chi connectivity index (χ0v) is 11.5. The molecular weight excluding hydrogens is 266 g/mol. The van der Waals surface area contributed by atoms with Crippen LogP contribution in [0.5, 0.6) is 23.1 Å². The van der Waals surface area contributed by atoms with E-state index in [4.69, 9.17) is 25.8 Å². The van der Waals surface area contributed by atoms with E-state index in [1.54, 1.807) is 38.6 Å². The fourth-order valence-corrected chi connectivity index (χ4v) is 1.77. The van der Waals surface area contributed by atoms with E-state index >= 15 is 0 Å². The molecule has 5 heteroatoms. The van der Waals surface area contributed by atoms with Gasteiger partial charge in [0.05, 0.1) is 20.1 Å². The van der Waals surface area contributed by atoms with E-state index in [0.29, 0.717) is 29.0 Å². The Morgan fingerprint density at radius 3 is 2.26 bits per heavy atom. The normalized spacial score (nSPS) is 10.1. The van der Waals surface area contributed by atoms with Gasteiger partial charge in [-0.1, -0.05) is 6.07 Å². The lowest BCUT2D eigenvalue weighted by Gasteiger charge is -2.11. The van der Waals surface area contributed by atoms with E-state index < -0.39 is 0 Å². The molecule has 0 aliphatic rings. The van der Waals surface area contributed by atoms with Gasteiger partial charge in [-0.15, -0.1) is 11.6 Å². The highest BCUT2D eigenvalue weighted by molar-refractivity contribution is 6.17. The lowest BCUT2D eigenvalue weighted by molar-refractivity contribution is 0.384. The van der Waals surface area contributed by atoms with Crippen LogP contribution in [0.2, 0.25) is 0 Å². The summed E-state index contributed by atoms with van der Waals surface area (Å²) in [6, 6.07) is 8.97. The van der Waals surface area contributed by atoms with Crippen LogP contribution >= 0.6 is 11.6 Å². The largest absolute Gasteiger partial charge is 0.496 e. The van der Waals surface area contributed by atoms with E-state index in [2.05, 4.69) is 4.98 Å². The van der Waals surface area contributed by atoms with E-state index in [9.17, 15) is 0 Å². The highest BCUT2D eigenvalue weighted by Crippen LogP contribution is 2.31. The molecule has 0 saturated heterocycles. The maximum absolute atomic E-state index is 5.85. The van der Waals surface area contributed by atoms with Crippen LogP contribution in [0.15, 0.2) is 36.5 Å². The molecule has 0 N–H and O–H groups in total. The van der Waals surface area contributed by atoms with Gasteiger partial charge in [0.15, 0.2) is 0 Å². The van der Waals surface area contributed by atoms with Crippen molar-refractivity contribution in [1.29, 1.82) is 0 Å². The van der Waals surface area contributed by atoms with Gasteiger partial charge < -0.3 is 14.2 Å². The molecular formula is C14H14ClNO3. The van der Waals surface area contributed by atoms with Crippen LogP contribution in [0.3, 0.4) is 0 Å². The summed E-state index contributed by atoms with van der Waals surface area (Å²) in [4.78, 5) is 4.17. The summed E-state index contributed by atoms with van der Waals surface area (Å²) in [6.07, 6.45) is 1.66. The van der Waals surface area contributed by atoms with Crippen LogP contribution < -0.4 is 14.2 Å². The van der Waals surface area contributed by atoms with Gasteiger partial charge in [0.2, 0.25) is 5.88 Å². The number of halogens is 1. The summed E-state index contributed by atoms with van der Waals surface area (Å²) in [6.45, 7) is 0. The number of methoxy groups -OCH3 is 2. The average molecular weight is 280 g/mol. The lowest BCUT2D eigenvalue weighted by atomic mass is 10.3. The molecule has 1 aromatic heterocycles. The molecule has 0 spiro atoms. The van der Waals surface area contributed by atoms with Gasteiger partial charge in [-0.05, 0) is 6.07 Å². The van der Waals surface area contributed by atoms with E-state index in [1.165, 1.54) is 0 Å². The maximum Gasteiger partial charge on any atom is 0.223 e. The highest BCUT2D eigenvalue weighted by atomic mass is 35.5. The van der Waals surface area contributed by atoms with Gasteiger partial charge in [0.1, 0.15) is 17.2 Å². The van der Waals surface area contributed by atoms with Crippen molar-refractivity contribution in [2.24, 2.45) is 0 Å². The smallest absolute Gasteiger partial charge is 0.223 e. The lowest BCUT2D eigenvalue weighted by Crippen LogP contribution is -1.94. The van der Waals surface area contributed by atoms with Crippen LogP contribution in [0.25, 0.3) is 0 Å². The molecule has 1 aromatic carbocycles. The highest BCUT2D eigenvalue weighted by Gasteiger charge is 2.08. The fraction of sp³-hybridized carbons (Fsp3) is 0.214. The Kier molecular flexibility index (Phi) is 4.47. The number of hydrogen-bond acceptors (Lipinski definition) is 4. The van der Waals surface area contributed by atoms with Gasteiger partial charge in [0, 0.05) is 30.0 Å². The predicted octanol–water partition coefficient (Wildman–Crippen LogP) is 3.63. The first kappa shape index (κ1) is 13.5. The van der Waals surface area contributed by atoms with E-state index in [0.717, 1.165) is 5.56 Å². The molecule has 0 radical (unpaired) electrons. The molecule has 0 aliphatic carbocycles. The first-order valence-corrected chi connectivity index (χ1v) is 6.21. The molecule has 0 amide bonds. The van der Waals surface area contributed by atoms with Crippen molar-refractivity contribution < 1.29 is 14.2 Å². The Hall–Kier alpha value is -1.94. The third-order valence-corrected chi connectivity index (χ3v) is 2.82. The summed E-state index contributed by atoms with van der Waals surface area (Å²) in [5.41, 5.74) is 0.825. The third kappa shape index (κ3) is 3.29. The van der Waals surface area contributed by atoms with Crippen molar-refractivity contribution >= 4 is 11.6 Å². The van der Waals surface area contributed by atoms with Crippen LogP contribution in [0.1, 0.15) is 5.56 Å². The molecule has 2 aromatic rings. The van der Waals surface area contributed by atoms with Gasteiger partial charge in [0.25, 0.3) is 0 Å². The van der Waals surface area contributed by atoms with Gasteiger partial charge >= 0.3 is 0 Å². The minimum atomic E-state index is 0.338. The average Bonchev–Trinajstić information content (AvgIpc) is 2.47. The number of pyridine rings is 1. The summed E-state index contributed by atoms with van der Waals surface area (Å²) in [5.74, 6) is 2.70. The molecule has 2 rings (SSSR count). The number of ether oxygens (including phenoxy) is 3. The Bertz CT molecular complexity index is 538. The Balaban J connectivity index is 2.32.